The van der Waals surface area contributed by atoms with E-state index in [1.54, 1.807) is 7.11 Å². The second-order valence-electron chi connectivity index (χ2n) is 4.97. The van der Waals surface area contributed by atoms with Gasteiger partial charge in [0, 0.05) is 18.1 Å². The third-order valence-electron chi connectivity index (χ3n) is 3.10. The summed E-state index contributed by atoms with van der Waals surface area (Å²) in [5, 5.41) is 9.36. The van der Waals surface area contributed by atoms with Crippen molar-refractivity contribution in [3.63, 3.8) is 0 Å². The number of methoxy groups -OCH3 is 1. The van der Waals surface area contributed by atoms with Crippen molar-refractivity contribution in [3.8, 4) is 11.5 Å². The van der Waals surface area contributed by atoms with Gasteiger partial charge in [-0.25, -0.2) is 0 Å². The maximum Gasteiger partial charge on any atom is 0.161 e. The van der Waals surface area contributed by atoms with Gasteiger partial charge in [0.05, 0.1) is 13.7 Å². The Hall–Kier alpha value is -0.970. The van der Waals surface area contributed by atoms with Gasteiger partial charge in [0.1, 0.15) is 0 Å². The van der Waals surface area contributed by atoms with E-state index in [-0.39, 0.29) is 30.5 Å². The van der Waals surface area contributed by atoms with E-state index in [4.69, 9.17) is 15.2 Å². The lowest BCUT2D eigenvalue weighted by molar-refractivity contribution is 0.132. The summed E-state index contributed by atoms with van der Waals surface area (Å²) in [7, 11) is 1.61. The van der Waals surface area contributed by atoms with Gasteiger partial charge < -0.3 is 20.3 Å². The quantitative estimate of drug-likeness (QED) is 0.845. The van der Waals surface area contributed by atoms with Gasteiger partial charge in [0.25, 0.3) is 0 Å². The molecule has 0 aliphatic heterocycles. The van der Waals surface area contributed by atoms with Gasteiger partial charge in [-0.3, -0.25) is 0 Å². The summed E-state index contributed by atoms with van der Waals surface area (Å²) in [5.74, 6) is 1.37. The summed E-state index contributed by atoms with van der Waals surface area (Å²) in [6.07, 6.45) is 0. The van der Waals surface area contributed by atoms with Crippen LogP contribution in [0.1, 0.15) is 32.4 Å². The van der Waals surface area contributed by atoms with E-state index in [0.29, 0.717) is 18.1 Å². The summed E-state index contributed by atoms with van der Waals surface area (Å²) in [6.45, 7) is 6.39. The molecule has 0 fully saturated rings. The van der Waals surface area contributed by atoms with E-state index < -0.39 is 0 Å². The second kappa shape index (κ2) is 7.58. The number of nitrogens with two attached hydrogens (primary N) is 1. The predicted octanol–water partition coefficient (Wildman–Crippen LogP) is 2.53. The summed E-state index contributed by atoms with van der Waals surface area (Å²) >= 11 is 0. The van der Waals surface area contributed by atoms with Gasteiger partial charge in [-0.1, -0.05) is 19.9 Å². The van der Waals surface area contributed by atoms with E-state index in [1.165, 1.54) is 0 Å². The van der Waals surface area contributed by atoms with Gasteiger partial charge in [0.2, 0.25) is 0 Å². The highest BCUT2D eigenvalue weighted by Crippen LogP contribution is 2.35. The van der Waals surface area contributed by atoms with Crippen LogP contribution in [0.5, 0.6) is 11.5 Å². The van der Waals surface area contributed by atoms with Gasteiger partial charge in [0.15, 0.2) is 11.5 Å². The molecule has 0 amide bonds. The molecule has 0 heterocycles. The van der Waals surface area contributed by atoms with E-state index in [1.807, 2.05) is 39.0 Å². The van der Waals surface area contributed by atoms with Crippen molar-refractivity contribution >= 4 is 12.4 Å². The Morgan fingerprint density at radius 3 is 2.42 bits per heavy atom. The van der Waals surface area contributed by atoms with Crippen LogP contribution < -0.4 is 15.2 Å². The first-order valence-corrected chi connectivity index (χ1v) is 6.13. The van der Waals surface area contributed by atoms with Crippen molar-refractivity contribution in [1.82, 2.24) is 0 Å². The predicted molar refractivity (Wildman–Crippen MR) is 79.2 cm³/mol. The van der Waals surface area contributed by atoms with E-state index >= 15 is 0 Å². The topological polar surface area (TPSA) is 64.7 Å². The molecule has 0 saturated carbocycles. The third kappa shape index (κ3) is 4.27. The monoisotopic (exact) mass is 289 g/mol. The Bertz CT molecular complexity index is 396. The molecule has 5 heteroatoms. The van der Waals surface area contributed by atoms with Crippen molar-refractivity contribution in [3.05, 3.63) is 23.8 Å². The van der Waals surface area contributed by atoms with Crippen LogP contribution in [0.2, 0.25) is 0 Å². The van der Waals surface area contributed by atoms with Crippen LogP contribution in [-0.4, -0.2) is 25.4 Å². The first-order chi connectivity index (χ1) is 8.46. The molecule has 0 unspecified atom stereocenters. The highest BCUT2D eigenvalue weighted by atomic mass is 35.5. The number of aliphatic hydroxyl groups excluding tert-OH is 1. The first-order valence-electron chi connectivity index (χ1n) is 6.13. The zero-order chi connectivity index (χ0) is 13.8. The molecule has 4 nitrogen and oxygen atoms in total. The Morgan fingerprint density at radius 2 is 1.95 bits per heavy atom. The molecule has 3 N–H and O–H groups in total. The van der Waals surface area contributed by atoms with E-state index in [0.717, 1.165) is 5.56 Å². The molecule has 1 aromatic rings. The van der Waals surface area contributed by atoms with Crippen molar-refractivity contribution < 1.29 is 14.6 Å². The molecule has 0 bridgehead atoms. The smallest absolute Gasteiger partial charge is 0.161 e. The van der Waals surface area contributed by atoms with E-state index in [2.05, 4.69) is 0 Å². The fourth-order valence-corrected chi connectivity index (χ4v) is 1.70. The normalized spacial score (nSPS) is 12.5. The molecule has 1 rings (SSSR count). The number of rotatable bonds is 6. The Balaban J connectivity index is 0.00000324. The van der Waals surface area contributed by atoms with Gasteiger partial charge in [-0.15, -0.1) is 12.4 Å². The Kier molecular flexibility index (Phi) is 7.19. The zero-order valence-electron chi connectivity index (χ0n) is 12.0. The van der Waals surface area contributed by atoms with Crippen molar-refractivity contribution in [2.45, 2.75) is 26.8 Å². The zero-order valence-corrected chi connectivity index (χ0v) is 12.8. The molecule has 0 aromatic heterocycles. The van der Waals surface area contributed by atoms with E-state index in [9.17, 15) is 5.11 Å². The van der Waals surface area contributed by atoms with Crippen LogP contribution in [-0.2, 0) is 0 Å². The number of halogens is 1. The molecule has 1 atom stereocenters. The molecule has 1 aromatic carbocycles. The Morgan fingerprint density at radius 1 is 1.32 bits per heavy atom. The fraction of sp³-hybridized carbons (Fsp3) is 0.571. The van der Waals surface area contributed by atoms with Crippen molar-refractivity contribution in [2.75, 3.05) is 20.3 Å². The maximum absolute atomic E-state index is 9.36. The lowest BCUT2D eigenvalue weighted by Gasteiger charge is -2.30. The minimum atomic E-state index is -0.377. The largest absolute Gasteiger partial charge is 0.493 e. The number of hydrogen-bond donors (Lipinski definition) is 2. The number of benzene rings is 1. The van der Waals surface area contributed by atoms with Gasteiger partial charge in [-0.2, -0.15) is 0 Å². The molecule has 0 radical (unpaired) electrons. The van der Waals surface area contributed by atoms with Crippen LogP contribution in [0.3, 0.4) is 0 Å². The fourth-order valence-electron chi connectivity index (χ4n) is 1.70. The minimum absolute atomic E-state index is 0. The SMILES string of the molecule is CCOc1cc([C@@H](N)C(C)(C)CO)ccc1OC.Cl. The van der Waals surface area contributed by atoms with Crippen LogP contribution in [0.4, 0.5) is 0 Å². The van der Waals surface area contributed by atoms with Crippen molar-refractivity contribution in [1.29, 1.82) is 0 Å². The average Bonchev–Trinajstić information content (AvgIpc) is 2.38. The standard InChI is InChI=1S/C14H23NO3.ClH/c1-5-18-12-8-10(6-7-11(12)17-4)13(15)14(2,3)9-16;/h6-8,13,16H,5,9,15H2,1-4H3;1H/t13-;/m1./s1. The lowest BCUT2D eigenvalue weighted by Crippen LogP contribution is -2.32. The molecule has 0 aliphatic carbocycles. The molecular weight excluding hydrogens is 266 g/mol. The number of aliphatic hydroxyl groups is 1. The van der Waals surface area contributed by atoms with Gasteiger partial charge >= 0.3 is 0 Å². The highest BCUT2D eigenvalue weighted by Gasteiger charge is 2.27. The number of ether oxygens (including phenoxy) is 2. The van der Waals surface area contributed by atoms with Crippen LogP contribution >= 0.6 is 12.4 Å². The molecule has 0 saturated heterocycles. The molecule has 110 valence electrons. The summed E-state index contributed by atoms with van der Waals surface area (Å²) in [5.41, 5.74) is 6.74. The molecule has 0 aliphatic rings. The summed E-state index contributed by atoms with van der Waals surface area (Å²) in [6, 6.07) is 5.37. The molecule has 19 heavy (non-hydrogen) atoms. The van der Waals surface area contributed by atoms with Crippen LogP contribution in [0.15, 0.2) is 18.2 Å². The number of hydrogen-bond acceptors (Lipinski definition) is 4. The maximum atomic E-state index is 9.36. The first kappa shape index (κ1) is 18.0. The summed E-state index contributed by atoms with van der Waals surface area (Å²) < 4.78 is 10.8. The second-order valence-corrected chi connectivity index (χ2v) is 4.97. The highest BCUT2D eigenvalue weighted by molar-refractivity contribution is 5.85. The van der Waals surface area contributed by atoms with Crippen LogP contribution in [0, 0.1) is 5.41 Å². The van der Waals surface area contributed by atoms with Crippen molar-refractivity contribution in [2.24, 2.45) is 11.1 Å². The average molecular weight is 290 g/mol. The lowest BCUT2D eigenvalue weighted by atomic mass is 9.82. The molecular formula is C14H24ClNO3. The van der Waals surface area contributed by atoms with Crippen LogP contribution in [0.25, 0.3) is 0 Å². The third-order valence-corrected chi connectivity index (χ3v) is 3.10. The van der Waals surface area contributed by atoms with Gasteiger partial charge in [-0.05, 0) is 24.6 Å². The molecule has 0 spiro atoms. The summed E-state index contributed by atoms with van der Waals surface area (Å²) in [4.78, 5) is 0. The minimum Gasteiger partial charge on any atom is -0.493 e. The Labute approximate surface area is 121 Å².